The molecule has 0 fully saturated rings. The first-order valence-corrected chi connectivity index (χ1v) is 13.1. The van der Waals surface area contributed by atoms with Crippen LogP contribution >= 0.6 is 11.8 Å². The highest BCUT2D eigenvalue weighted by Gasteiger charge is 2.95. The van der Waals surface area contributed by atoms with Crippen molar-refractivity contribution in [2.75, 3.05) is 0 Å². The van der Waals surface area contributed by atoms with Crippen molar-refractivity contribution in [2.45, 2.75) is 72.2 Å². The molecule has 23 heteroatoms. The Balaban J connectivity index is 1.86. The summed E-state index contributed by atoms with van der Waals surface area (Å²) in [5.41, 5.74) is -3.17. The zero-order valence-electron chi connectivity index (χ0n) is 22.5. The number of hydrogen-bond acceptors (Lipinski definition) is 4. The van der Waals surface area contributed by atoms with Crippen LogP contribution in [0.15, 0.2) is 36.4 Å². The minimum Gasteiger partial charge on any atom is -0.505 e. The Morgan fingerprint density at radius 1 is 0.681 bits per heavy atom. The van der Waals surface area contributed by atoms with Gasteiger partial charge >= 0.3 is 47.6 Å². The molecule has 1 atom stereocenters. The average Bonchev–Trinajstić information content (AvgIpc) is 3.36. The Morgan fingerprint density at radius 3 is 1.55 bits per heavy atom. The van der Waals surface area contributed by atoms with Gasteiger partial charge in [-0.1, -0.05) is 18.2 Å². The molecular weight excluding hydrogens is 720 g/mol. The first-order valence-electron chi connectivity index (χ1n) is 12.1. The van der Waals surface area contributed by atoms with Gasteiger partial charge in [0.05, 0.1) is 6.42 Å². The summed E-state index contributed by atoms with van der Waals surface area (Å²) < 4.78 is 243. The maximum atomic E-state index is 14.4. The number of alkyl halides is 18. The maximum Gasteiger partial charge on any atom is 0.460 e. The Morgan fingerprint density at radius 2 is 1.11 bits per heavy atom. The topological polar surface area (TPSA) is 50.9 Å². The van der Waals surface area contributed by atoms with Gasteiger partial charge in [0.2, 0.25) is 0 Å². The predicted octanol–water partition coefficient (Wildman–Crippen LogP) is 9.36. The van der Waals surface area contributed by atoms with E-state index in [9.17, 15) is 84.1 Å². The van der Waals surface area contributed by atoms with Crippen molar-refractivity contribution in [3.8, 4) is 11.4 Å². The largest absolute Gasteiger partial charge is 0.505 e. The second-order valence-electron chi connectivity index (χ2n) is 9.84. The molecule has 4 nitrogen and oxygen atoms in total. The van der Waals surface area contributed by atoms with Gasteiger partial charge in [-0.15, -0.1) is 26.8 Å². The third-order valence-corrected chi connectivity index (χ3v) is 7.44. The number of halogens is 18. The summed E-state index contributed by atoms with van der Waals surface area (Å²) >= 11 is -0.477. The highest BCUT2D eigenvalue weighted by atomic mass is 32.2. The van der Waals surface area contributed by atoms with E-state index in [1.165, 1.54) is 25.1 Å². The number of hydrogen-bond donors (Lipinski definition) is 1. The highest BCUT2D eigenvalue weighted by molar-refractivity contribution is 7.99. The molecule has 1 aromatic heterocycles. The first kappa shape index (κ1) is 38.2. The quantitative estimate of drug-likeness (QED) is 0.189. The van der Waals surface area contributed by atoms with E-state index in [4.69, 9.17) is 0 Å². The molecule has 3 aromatic rings. The fourth-order valence-corrected chi connectivity index (χ4v) is 4.74. The summed E-state index contributed by atoms with van der Waals surface area (Å²) in [4.78, 5) is 0.884. The lowest BCUT2D eigenvalue weighted by Gasteiger charge is -2.42. The van der Waals surface area contributed by atoms with Crippen molar-refractivity contribution >= 4 is 22.8 Å². The van der Waals surface area contributed by atoms with E-state index in [2.05, 4.69) is 10.2 Å². The predicted molar refractivity (Wildman–Crippen MR) is 127 cm³/mol. The average molecular weight is 735 g/mol. The van der Waals surface area contributed by atoms with Gasteiger partial charge in [-0.2, -0.15) is 74.6 Å². The van der Waals surface area contributed by atoms with Gasteiger partial charge in [-0.3, -0.25) is 0 Å². The normalized spacial score (nSPS) is 15.4. The first-order chi connectivity index (χ1) is 21.0. The molecule has 0 aliphatic rings. The molecule has 0 aliphatic heterocycles. The third kappa shape index (κ3) is 6.00. The van der Waals surface area contributed by atoms with Crippen molar-refractivity contribution in [3.63, 3.8) is 0 Å². The van der Waals surface area contributed by atoms with Crippen molar-refractivity contribution in [3.05, 3.63) is 47.5 Å². The number of nitrogens with zero attached hydrogens (tertiary/aromatic N) is 3. The SMILES string of the molecule is Cc1cc(CSC(F)CC(F)(F)C(F)(F)C(F)(F)C(F)(F)C(F)(F)C(F)(F)C(F)(F)C(F)(F)F)c(O)c(-n2nc3ccccc3n2)c1. The second-order valence-corrected chi connectivity index (χ2v) is 11.0. The van der Waals surface area contributed by atoms with Gasteiger partial charge in [0.15, 0.2) is 5.50 Å². The zero-order valence-corrected chi connectivity index (χ0v) is 23.3. The molecule has 0 radical (unpaired) electrons. The molecule has 1 N–H and O–H groups in total. The molecule has 0 bridgehead atoms. The lowest BCUT2D eigenvalue weighted by molar-refractivity contribution is -0.461. The Kier molecular flexibility index (Phi) is 9.51. The van der Waals surface area contributed by atoms with E-state index in [0.29, 0.717) is 11.0 Å². The van der Waals surface area contributed by atoms with Crippen molar-refractivity contribution < 1.29 is 84.1 Å². The van der Waals surface area contributed by atoms with Crippen LogP contribution in [0.4, 0.5) is 79.0 Å². The minimum absolute atomic E-state index is 0.195. The third-order valence-electron chi connectivity index (χ3n) is 6.44. The van der Waals surface area contributed by atoms with Gasteiger partial charge in [0, 0.05) is 11.3 Å². The van der Waals surface area contributed by atoms with Crippen LogP contribution in [0.2, 0.25) is 0 Å². The number of thioether (sulfide) groups is 1. The number of phenols is 1. The summed E-state index contributed by atoms with van der Waals surface area (Å²) in [5, 5.41) is 18.7. The van der Waals surface area contributed by atoms with Gasteiger partial charge < -0.3 is 5.11 Å². The molecule has 0 spiro atoms. The van der Waals surface area contributed by atoms with Gasteiger partial charge in [0.1, 0.15) is 22.5 Å². The van der Waals surface area contributed by atoms with Crippen LogP contribution < -0.4 is 0 Å². The standard InChI is InChI=1S/C24H15F18N3OS/c1-10-6-11(16(46)14(7-10)45-43-12-4-2-3-5-13(12)44-45)9-47-15(25)8-17(26,27)18(28,29)19(30,31)20(32,33)21(34,35)22(36,37)23(38,39)24(40,41)42/h2-7,15,46H,8-9H2,1H3. The number of aryl methyl sites for hydroxylation is 1. The van der Waals surface area contributed by atoms with Crippen molar-refractivity contribution in [1.29, 1.82) is 0 Å². The molecule has 3 rings (SSSR count). The Bertz CT molecular complexity index is 1570. The molecule has 47 heavy (non-hydrogen) atoms. The highest BCUT2D eigenvalue weighted by Crippen LogP contribution is 2.64. The van der Waals surface area contributed by atoms with E-state index < -0.39 is 82.8 Å². The Hall–Kier alpha value is -3.27. The van der Waals surface area contributed by atoms with E-state index in [1.54, 1.807) is 12.1 Å². The lowest BCUT2D eigenvalue weighted by atomic mass is 9.88. The molecule has 0 saturated carbocycles. The molecule has 0 aliphatic carbocycles. The van der Waals surface area contributed by atoms with Crippen LogP contribution in [-0.2, 0) is 5.75 Å². The van der Waals surface area contributed by atoms with Crippen LogP contribution in [-0.4, -0.2) is 73.2 Å². The van der Waals surface area contributed by atoms with Crippen LogP contribution in [0.25, 0.3) is 16.7 Å². The molecule has 1 heterocycles. The summed E-state index contributed by atoms with van der Waals surface area (Å²) in [6, 6.07) is 8.53. The second kappa shape index (κ2) is 11.7. The Labute approximate surface area is 253 Å². The number of fused-ring (bicyclic) bond motifs is 1. The number of rotatable bonds is 12. The van der Waals surface area contributed by atoms with Crippen LogP contribution in [0, 0.1) is 6.92 Å². The van der Waals surface area contributed by atoms with E-state index in [1.807, 2.05) is 0 Å². The molecular formula is C24H15F18N3OS. The van der Waals surface area contributed by atoms with E-state index in [-0.39, 0.29) is 16.8 Å². The van der Waals surface area contributed by atoms with Crippen LogP contribution in [0.5, 0.6) is 5.75 Å². The van der Waals surface area contributed by atoms with Gasteiger partial charge in [-0.25, -0.2) is 4.39 Å². The minimum atomic E-state index is -8.76. The smallest absolute Gasteiger partial charge is 0.460 e. The van der Waals surface area contributed by atoms with E-state index >= 15 is 0 Å². The van der Waals surface area contributed by atoms with Crippen LogP contribution in [0.1, 0.15) is 17.5 Å². The number of aromatic hydroxyl groups is 1. The monoisotopic (exact) mass is 735 g/mol. The fourth-order valence-electron chi connectivity index (χ4n) is 3.83. The summed E-state index contributed by atoms with van der Waals surface area (Å²) in [6.45, 7) is 1.38. The summed E-state index contributed by atoms with van der Waals surface area (Å²) in [7, 11) is 0. The molecule has 2 aromatic carbocycles. The molecule has 264 valence electrons. The van der Waals surface area contributed by atoms with Gasteiger partial charge in [0.25, 0.3) is 0 Å². The lowest BCUT2D eigenvalue weighted by Crippen LogP contribution is -2.74. The number of benzene rings is 2. The molecule has 0 amide bonds. The molecule has 1 unspecified atom stereocenters. The number of aromatic nitrogens is 3. The summed E-state index contributed by atoms with van der Waals surface area (Å²) in [5.74, 6) is -59.5. The molecule has 0 saturated heterocycles. The maximum absolute atomic E-state index is 14.4. The van der Waals surface area contributed by atoms with Gasteiger partial charge in [-0.05, 0) is 30.7 Å². The van der Waals surface area contributed by atoms with Crippen molar-refractivity contribution in [2.24, 2.45) is 0 Å². The van der Waals surface area contributed by atoms with Crippen molar-refractivity contribution in [1.82, 2.24) is 15.0 Å². The fraction of sp³-hybridized carbons (Fsp3) is 0.500. The van der Waals surface area contributed by atoms with E-state index in [0.717, 1.165) is 10.9 Å². The number of phenolic OH excluding ortho intramolecular Hbond substituents is 1. The zero-order chi connectivity index (χ0) is 36.4. The summed E-state index contributed by atoms with van der Waals surface area (Å²) in [6.07, 6.45) is -11.1. The van der Waals surface area contributed by atoms with Crippen LogP contribution in [0.3, 0.4) is 0 Å².